The van der Waals surface area contributed by atoms with Crippen molar-refractivity contribution in [2.45, 2.75) is 0 Å². The molecule has 0 spiro atoms. The summed E-state index contributed by atoms with van der Waals surface area (Å²) in [5.74, 6) is -1.45. The highest BCUT2D eigenvalue weighted by Crippen LogP contribution is 1.92. The Hall–Kier alpha value is -1.49. The zero-order valence-corrected chi connectivity index (χ0v) is 7.90. The molecular formula is C9H14O5. The van der Waals surface area contributed by atoms with Crippen molar-refractivity contribution in [1.82, 2.24) is 0 Å². The van der Waals surface area contributed by atoms with Gasteiger partial charge in [0.15, 0.2) is 5.76 Å². The van der Waals surface area contributed by atoms with Crippen molar-refractivity contribution in [3.63, 3.8) is 0 Å². The van der Waals surface area contributed by atoms with Crippen LogP contribution in [0, 0.1) is 0 Å². The summed E-state index contributed by atoms with van der Waals surface area (Å²) in [4.78, 5) is 10.2. The normalized spacial score (nSPS) is 9.14. The van der Waals surface area contributed by atoms with Crippen molar-refractivity contribution < 1.29 is 24.1 Å². The van der Waals surface area contributed by atoms with Crippen LogP contribution in [0.1, 0.15) is 0 Å². The summed E-state index contributed by atoms with van der Waals surface area (Å²) in [6, 6.07) is 0. The van der Waals surface area contributed by atoms with Gasteiger partial charge in [0.1, 0.15) is 13.2 Å². The quantitative estimate of drug-likeness (QED) is 0.340. The summed E-state index contributed by atoms with van der Waals surface area (Å²) < 4.78 is 14.5. The second kappa shape index (κ2) is 8.12. The molecule has 0 aromatic carbocycles. The van der Waals surface area contributed by atoms with Crippen LogP contribution in [0.2, 0.25) is 0 Å². The van der Waals surface area contributed by atoms with Crippen LogP contribution in [0.4, 0.5) is 0 Å². The minimum Gasteiger partial charge on any atom is -0.499 e. The van der Waals surface area contributed by atoms with Gasteiger partial charge in [-0.25, -0.2) is 4.79 Å². The Morgan fingerprint density at radius 1 is 1.29 bits per heavy atom. The van der Waals surface area contributed by atoms with Crippen molar-refractivity contribution in [3.05, 3.63) is 25.2 Å². The van der Waals surface area contributed by atoms with Gasteiger partial charge in [-0.2, -0.15) is 0 Å². The Bertz CT molecular complexity index is 199. The Labute approximate surface area is 82.6 Å². The molecule has 0 unspecified atom stereocenters. The first-order valence-electron chi connectivity index (χ1n) is 4.03. The van der Waals surface area contributed by atoms with Gasteiger partial charge in [0, 0.05) is 0 Å². The summed E-state index contributed by atoms with van der Waals surface area (Å²) in [5, 5.41) is 8.36. The van der Waals surface area contributed by atoms with Gasteiger partial charge >= 0.3 is 5.97 Å². The van der Waals surface area contributed by atoms with Gasteiger partial charge < -0.3 is 19.3 Å². The van der Waals surface area contributed by atoms with E-state index in [1.54, 1.807) is 0 Å². The fourth-order valence-electron chi connectivity index (χ4n) is 0.578. The molecule has 0 saturated heterocycles. The number of hydrogen-bond donors (Lipinski definition) is 1. The molecule has 0 aliphatic carbocycles. The molecule has 1 N–H and O–H groups in total. The van der Waals surface area contributed by atoms with Crippen molar-refractivity contribution in [2.75, 3.05) is 26.4 Å². The molecule has 0 aromatic rings. The maximum absolute atomic E-state index is 10.2. The molecule has 80 valence electrons. The topological polar surface area (TPSA) is 65.0 Å². The largest absolute Gasteiger partial charge is 0.499 e. The monoisotopic (exact) mass is 202 g/mol. The molecule has 0 saturated carbocycles. The van der Waals surface area contributed by atoms with Gasteiger partial charge in [-0.05, 0) is 6.58 Å². The standard InChI is InChI=1S/C9H14O5/c1-3-12-4-5-13-6-7-14-8(2)9(10)11/h3H,1-2,4-7H2,(H,10,11). The van der Waals surface area contributed by atoms with E-state index in [0.717, 1.165) is 0 Å². The van der Waals surface area contributed by atoms with Gasteiger partial charge in [-0.15, -0.1) is 0 Å². The van der Waals surface area contributed by atoms with E-state index < -0.39 is 5.97 Å². The van der Waals surface area contributed by atoms with Crippen LogP contribution in [-0.4, -0.2) is 37.5 Å². The molecule has 0 aliphatic rings. The predicted octanol–water partition coefficient (Wildman–Crippen LogP) is 0.778. The van der Waals surface area contributed by atoms with E-state index in [1.807, 2.05) is 0 Å². The van der Waals surface area contributed by atoms with E-state index in [4.69, 9.17) is 19.3 Å². The summed E-state index contributed by atoms with van der Waals surface area (Å²) in [6.07, 6.45) is 1.33. The third kappa shape index (κ3) is 7.17. The maximum Gasteiger partial charge on any atom is 0.370 e. The average Bonchev–Trinajstić information content (AvgIpc) is 2.16. The van der Waals surface area contributed by atoms with Crippen molar-refractivity contribution in [2.24, 2.45) is 0 Å². The number of aliphatic carboxylic acids is 1. The lowest BCUT2D eigenvalue weighted by atomic mass is 10.6. The summed E-state index contributed by atoms with van der Waals surface area (Å²) >= 11 is 0. The molecule has 0 amide bonds. The lowest BCUT2D eigenvalue weighted by Gasteiger charge is -2.06. The molecular weight excluding hydrogens is 188 g/mol. The van der Waals surface area contributed by atoms with Crippen LogP contribution < -0.4 is 0 Å². The van der Waals surface area contributed by atoms with Gasteiger partial charge in [0.05, 0.1) is 19.5 Å². The third-order valence-corrected chi connectivity index (χ3v) is 1.21. The Morgan fingerprint density at radius 2 is 1.93 bits per heavy atom. The van der Waals surface area contributed by atoms with Gasteiger partial charge in [-0.3, -0.25) is 0 Å². The Balaban J connectivity index is 3.17. The van der Waals surface area contributed by atoms with Crippen LogP contribution in [0.25, 0.3) is 0 Å². The minimum absolute atomic E-state index is 0.166. The highest BCUT2D eigenvalue weighted by Gasteiger charge is 2.03. The lowest BCUT2D eigenvalue weighted by molar-refractivity contribution is -0.136. The van der Waals surface area contributed by atoms with Crippen LogP contribution >= 0.6 is 0 Å². The SMILES string of the molecule is C=COCCOCCOC(=C)C(=O)O. The fourth-order valence-corrected chi connectivity index (χ4v) is 0.578. The van der Waals surface area contributed by atoms with Crippen molar-refractivity contribution in [3.8, 4) is 0 Å². The maximum atomic E-state index is 10.2. The Morgan fingerprint density at radius 3 is 2.50 bits per heavy atom. The van der Waals surface area contributed by atoms with Gasteiger partial charge in [0.2, 0.25) is 0 Å². The molecule has 0 aromatic heterocycles. The second-order valence-electron chi connectivity index (χ2n) is 2.23. The van der Waals surface area contributed by atoms with E-state index in [1.165, 1.54) is 6.26 Å². The van der Waals surface area contributed by atoms with E-state index >= 15 is 0 Å². The first-order valence-corrected chi connectivity index (χ1v) is 4.03. The van der Waals surface area contributed by atoms with Crippen LogP contribution in [0.3, 0.4) is 0 Å². The fraction of sp³-hybridized carbons (Fsp3) is 0.444. The number of ether oxygens (including phenoxy) is 3. The minimum atomic E-state index is -1.17. The van der Waals surface area contributed by atoms with E-state index in [2.05, 4.69) is 13.2 Å². The highest BCUT2D eigenvalue weighted by atomic mass is 16.5. The predicted molar refractivity (Wildman–Crippen MR) is 49.7 cm³/mol. The molecule has 0 bridgehead atoms. The van der Waals surface area contributed by atoms with Crippen LogP contribution in [0.15, 0.2) is 25.2 Å². The number of rotatable bonds is 9. The molecule has 0 rings (SSSR count). The van der Waals surface area contributed by atoms with Crippen LogP contribution in [-0.2, 0) is 19.0 Å². The smallest absolute Gasteiger partial charge is 0.370 e. The summed E-state index contributed by atoms with van der Waals surface area (Å²) in [5.41, 5.74) is 0. The average molecular weight is 202 g/mol. The van der Waals surface area contributed by atoms with Gasteiger partial charge in [-0.1, -0.05) is 6.58 Å². The zero-order valence-electron chi connectivity index (χ0n) is 7.90. The van der Waals surface area contributed by atoms with E-state index in [0.29, 0.717) is 19.8 Å². The number of carboxylic acid groups (broad SMARTS) is 1. The first-order chi connectivity index (χ1) is 6.68. The Kier molecular flexibility index (Phi) is 7.26. The van der Waals surface area contributed by atoms with Crippen molar-refractivity contribution in [1.29, 1.82) is 0 Å². The molecule has 0 radical (unpaired) electrons. The van der Waals surface area contributed by atoms with Gasteiger partial charge in [0.25, 0.3) is 0 Å². The molecule has 5 heteroatoms. The molecule has 14 heavy (non-hydrogen) atoms. The third-order valence-electron chi connectivity index (χ3n) is 1.21. The molecule has 5 nitrogen and oxygen atoms in total. The summed E-state index contributed by atoms with van der Waals surface area (Å²) in [6.45, 7) is 7.84. The molecule has 0 atom stereocenters. The molecule has 0 fully saturated rings. The molecule has 0 aliphatic heterocycles. The first kappa shape index (κ1) is 12.5. The molecule has 0 heterocycles. The van der Waals surface area contributed by atoms with E-state index in [-0.39, 0.29) is 12.4 Å². The number of hydrogen-bond acceptors (Lipinski definition) is 4. The lowest BCUT2D eigenvalue weighted by Crippen LogP contribution is -2.10. The highest BCUT2D eigenvalue weighted by molar-refractivity contribution is 5.83. The van der Waals surface area contributed by atoms with Crippen LogP contribution in [0.5, 0.6) is 0 Å². The van der Waals surface area contributed by atoms with E-state index in [9.17, 15) is 4.79 Å². The van der Waals surface area contributed by atoms with Crippen molar-refractivity contribution >= 4 is 5.97 Å². The second-order valence-corrected chi connectivity index (χ2v) is 2.23. The summed E-state index contributed by atoms with van der Waals surface area (Å²) in [7, 11) is 0. The number of carbonyl (C=O) groups is 1. The number of carboxylic acids is 1. The zero-order chi connectivity index (χ0) is 10.8.